The van der Waals surface area contributed by atoms with Crippen molar-refractivity contribution in [3.8, 4) is 0 Å². The van der Waals surface area contributed by atoms with Gasteiger partial charge in [0, 0.05) is 18.8 Å². The normalized spacial score (nSPS) is 28.3. The van der Waals surface area contributed by atoms with Crippen molar-refractivity contribution in [1.82, 2.24) is 4.90 Å². The number of likely N-dealkylation sites (tertiary alicyclic amines) is 1. The van der Waals surface area contributed by atoms with Crippen molar-refractivity contribution in [1.29, 1.82) is 0 Å². The number of halogens is 1. The predicted molar refractivity (Wildman–Crippen MR) is 136 cm³/mol. The van der Waals surface area contributed by atoms with E-state index in [2.05, 4.69) is 10.6 Å². The molecule has 5 atom stereocenters. The van der Waals surface area contributed by atoms with Crippen molar-refractivity contribution in [3.63, 3.8) is 0 Å². The summed E-state index contributed by atoms with van der Waals surface area (Å²) in [5.41, 5.74) is 0.863. The lowest BCUT2D eigenvalue weighted by Crippen LogP contribution is -2.53. The second-order valence-corrected chi connectivity index (χ2v) is 10.2. The number of aryl methyl sites for hydroxylation is 1. The smallest absolute Gasteiger partial charge is 0.250 e. The van der Waals surface area contributed by atoms with Crippen molar-refractivity contribution in [2.45, 2.75) is 50.4 Å². The summed E-state index contributed by atoms with van der Waals surface area (Å²) in [4.78, 5) is 42.6. The maximum absolute atomic E-state index is 13.8. The van der Waals surface area contributed by atoms with Crippen LogP contribution in [-0.4, -0.2) is 58.6 Å². The lowest BCUT2D eigenvalue weighted by Gasteiger charge is -2.33. The van der Waals surface area contributed by atoms with Gasteiger partial charge in [0.05, 0.1) is 28.6 Å². The summed E-state index contributed by atoms with van der Waals surface area (Å²) in [5.74, 6) is -2.34. The zero-order chi connectivity index (χ0) is 25.4. The van der Waals surface area contributed by atoms with Gasteiger partial charge >= 0.3 is 0 Å². The number of carbonyl (C=O) groups is 3. The molecule has 190 valence electrons. The molecule has 3 saturated heterocycles. The minimum Gasteiger partial charge on any atom is -0.396 e. The Labute approximate surface area is 215 Å². The number of nitrogens with zero attached hydrogens (tertiary/aromatic N) is 1. The summed E-state index contributed by atoms with van der Waals surface area (Å²) in [6, 6.07) is 13.6. The highest BCUT2D eigenvalue weighted by molar-refractivity contribution is 6.34. The van der Waals surface area contributed by atoms with E-state index in [1.807, 2.05) is 31.2 Å². The number of benzene rings is 2. The molecule has 3 aliphatic heterocycles. The fraction of sp³-hybridized carbons (Fsp3) is 0.444. The minimum atomic E-state index is -1.08. The zero-order valence-corrected chi connectivity index (χ0v) is 20.8. The van der Waals surface area contributed by atoms with Gasteiger partial charge in [0.1, 0.15) is 11.6 Å². The second-order valence-electron chi connectivity index (χ2n) is 9.79. The van der Waals surface area contributed by atoms with Gasteiger partial charge in [-0.15, -0.1) is 0 Å². The van der Waals surface area contributed by atoms with E-state index in [0.29, 0.717) is 42.1 Å². The number of fused-ring (bicyclic) bond motifs is 1. The summed E-state index contributed by atoms with van der Waals surface area (Å²) in [5, 5.41) is 15.6. The molecule has 2 aromatic rings. The quantitative estimate of drug-likeness (QED) is 0.471. The van der Waals surface area contributed by atoms with Crippen LogP contribution in [0.3, 0.4) is 0 Å². The van der Waals surface area contributed by atoms with Crippen LogP contribution in [0.1, 0.15) is 31.2 Å². The number of carbonyl (C=O) groups excluding carboxylic acids is 3. The first-order chi connectivity index (χ1) is 17.4. The van der Waals surface area contributed by atoms with Gasteiger partial charge in [0.15, 0.2) is 0 Å². The summed E-state index contributed by atoms with van der Waals surface area (Å²) < 4.78 is 6.43. The molecule has 8 nitrogen and oxygen atoms in total. The van der Waals surface area contributed by atoms with Crippen molar-refractivity contribution >= 4 is 40.7 Å². The molecular formula is C27H30ClN3O5. The van der Waals surface area contributed by atoms with E-state index in [4.69, 9.17) is 16.3 Å². The Morgan fingerprint density at radius 1 is 1.11 bits per heavy atom. The molecule has 0 aromatic heterocycles. The van der Waals surface area contributed by atoms with Gasteiger partial charge in [-0.2, -0.15) is 0 Å². The van der Waals surface area contributed by atoms with E-state index in [1.165, 1.54) is 0 Å². The Hall–Kier alpha value is -2.94. The molecule has 9 heteroatoms. The van der Waals surface area contributed by atoms with Crippen molar-refractivity contribution in [2.24, 2.45) is 11.8 Å². The molecular weight excluding hydrogens is 482 g/mol. The largest absolute Gasteiger partial charge is 0.396 e. The van der Waals surface area contributed by atoms with Gasteiger partial charge in [-0.25, -0.2) is 0 Å². The van der Waals surface area contributed by atoms with Crippen molar-refractivity contribution in [2.75, 3.05) is 23.8 Å². The maximum atomic E-state index is 13.8. The molecule has 2 aromatic carbocycles. The van der Waals surface area contributed by atoms with Crippen LogP contribution in [0.15, 0.2) is 48.5 Å². The summed E-state index contributed by atoms with van der Waals surface area (Å²) in [7, 11) is 0. The predicted octanol–water partition coefficient (Wildman–Crippen LogP) is 3.37. The molecule has 3 fully saturated rings. The Morgan fingerprint density at radius 2 is 1.89 bits per heavy atom. The summed E-state index contributed by atoms with van der Waals surface area (Å²) in [6.45, 7) is 2.13. The van der Waals surface area contributed by atoms with Crippen LogP contribution in [0.4, 0.5) is 11.4 Å². The first-order valence-electron chi connectivity index (χ1n) is 12.4. The number of ether oxygens (including phenoxy) is 1. The monoisotopic (exact) mass is 511 g/mol. The third-order valence-electron chi connectivity index (χ3n) is 7.67. The molecule has 3 N–H and O–H groups in total. The fourth-order valence-corrected chi connectivity index (χ4v) is 6.39. The first-order valence-corrected chi connectivity index (χ1v) is 12.8. The van der Waals surface area contributed by atoms with Crippen molar-refractivity contribution < 1.29 is 24.2 Å². The lowest BCUT2D eigenvalue weighted by atomic mass is 9.70. The van der Waals surface area contributed by atoms with E-state index in [-0.39, 0.29) is 30.9 Å². The fourth-order valence-electron chi connectivity index (χ4n) is 6.12. The molecule has 1 spiro atoms. The Bertz CT molecular complexity index is 1160. The van der Waals surface area contributed by atoms with Crippen LogP contribution in [0.25, 0.3) is 0 Å². The maximum Gasteiger partial charge on any atom is 0.250 e. The number of unbranched alkanes of at least 4 members (excludes halogenated alkanes) is 1. The SMILES string of the molecule is Cc1cccc(Cl)c1NC(=O)C1N(CCCCO)C(=O)[C@@H]2[C@@H](C(=O)Nc3ccccc3)[C@H]3CCC12O3. The van der Waals surface area contributed by atoms with Gasteiger partial charge in [0.2, 0.25) is 17.7 Å². The van der Waals surface area contributed by atoms with Crippen LogP contribution < -0.4 is 10.6 Å². The number of para-hydroxylation sites is 2. The standard InChI is InChI=1S/C27H30ClN3O5/c1-16-8-7-11-18(28)22(16)30-25(34)23-27-13-12-19(36-27)20(24(33)29-17-9-3-2-4-10-17)21(27)26(35)31(23)14-5-6-15-32/h2-4,7-11,19-21,23,32H,5-6,12-15H2,1H3,(H,29,33)(H,30,34)/t19-,20+,21+,23?,27?/m1/s1. The highest BCUT2D eigenvalue weighted by Gasteiger charge is 2.74. The average Bonchev–Trinajstić information content (AvgIpc) is 3.50. The van der Waals surface area contributed by atoms with Crippen LogP contribution in [0.2, 0.25) is 5.02 Å². The van der Waals surface area contributed by atoms with E-state index in [0.717, 1.165) is 5.56 Å². The molecule has 2 unspecified atom stereocenters. The minimum absolute atomic E-state index is 0.00698. The van der Waals surface area contributed by atoms with E-state index in [1.54, 1.807) is 29.2 Å². The van der Waals surface area contributed by atoms with Gasteiger partial charge in [0.25, 0.3) is 0 Å². The Balaban J connectivity index is 1.47. The Kier molecular flexibility index (Phi) is 6.76. The van der Waals surface area contributed by atoms with Crippen LogP contribution in [-0.2, 0) is 19.1 Å². The van der Waals surface area contributed by atoms with Crippen LogP contribution in [0, 0.1) is 18.8 Å². The van der Waals surface area contributed by atoms with Crippen LogP contribution in [0.5, 0.6) is 0 Å². The molecule has 3 amide bonds. The molecule has 3 aliphatic rings. The third-order valence-corrected chi connectivity index (χ3v) is 7.98. The molecule has 0 aliphatic carbocycles. The molecule has 5 rings (SSSR count). The first kappa shape index (κ1) is 24.7. The summed E-state index contributed by atoms with van der Waals surface area (Å²) >= 11 is 6.37. The van der Waals surface area contributed by atoms with Gasteiger partial charge in [-0.3, -0.25) is 14.4 Å². The topological polar surface area (TPSA) is 108 Å². The van der Waals surface area contributed by atoms with Gasteiger partial charge in [-0.1, -0.05) is 41.9 Å². The van der Waals surface area contributed by atoms with Crippen molar-refractivity contribution in [3.05, 3.63) is 59.1 Å². The lowest BCUT2D eigenvalue weighted by molar-refractivity contribution is -0.139. The van der Waals surface area contributed by atoms with Gasteiger partial charge in [-0.05, 0) is 56.4 Å². The molecule has 36 heavy (non-hydrogen) atoms. The number of aliphatic hydroxyl groups is 1. The number of aliphatic hydroxyl groups excluding tert-OH is 1. The molecule has 2 bridgehead atoms. The molecule has 0 radical (unpaired) electrons. The highest BCUT2D eigenvalue weighted by atomic mass is 35.5. The van der Waals surface area contributed by atoms with Gasteiger partial charge < -0.3 is 25.4 Å². The summed E-state index contributed by atoms with van der Waals surface area (Å²) in [6.07, 6.45) is 1.71. The Morgan fingerprint density at radius 3 is 2.61 bits per heavy atom. The van der Waals surface area contributed by atoms with Crippen LogP contribution >= 0.6 is 11.6 Å². The number of rotatable bonds is 8. The molecule has 0 saturated carbocycles. The number of anilines is 2. The van der Waals surface area contributed by atoms with E-state index in [9.17, 15) is 19.5 Å². The number of hydrogen-bond donors (Lipinski definition) is 3. The molecule has 3 heterocycles. The average molecular weight is 512 g/mol. The highest BCUT2D eigenvalue weighted by Crippen LogP contribution is 2.58. The third kappa shape index (κ3) is 4.07. The number of hydrogen-bond acceptors (Lipinski definition) is 5. The second kappa shape index (κ2) is 9.84. The van der Waals surface area contributed by atoms with E-state index < -0.39 is 29.6 Å². The number of amides is 3. The van der Waals surface area contributed by atoms with E-state index >= 15 is 0 Å². The number of nitrogens with one attached hydrogen (secondary N) is 2. The zero-order valence-electron chi connectivity index (χ0n) is 20.1.